The molecule has 0 aromatic heterocycles. The molecular formula is C12H12O10. The van der Waals surface area contributed by atoms with E-state index in [0.29, 0.717) is 0 Å². The van der Waals surface area contributed by atoms with E-state index in [-0.39, 0.29) is 12.8 Å². The summed E-state index contributed by atoms with van der Waals surface area (Å²) >= 11 is 0. The first-order chi connectivity index (χ1) is 10.3. The Bertz CT molecular complexity index is 524. The van der Waals surface area contributed by atoms with Crippen molar-refractivity contribution >= 4 is 36.6 Å². The molecule has 5 unspecified atom stereocenters. The maximum Gasteiger partial charge on any atom is 0.318 e. The quantitative estimate of drug-likeness (QED) is 0.301. The summed E-state index contributed by atoms with van der Waals surface area (Å²) in [4.78, 5) is 66.8. The summed E-state index contributed by atoms with van der Waals surface area (Å²) in [6.45, 7) is -0.304. The smallest absolute Gasteiger partial charge is 0.318 e. The number of esters is 1. The van der Waals surface area contributed by atoms with Gasteiger partial charge >= 0.3 is 30.3 Å². The van der Waals surface area contributed by atoms with E-state index in [4.69, 9.17) is 10.2 Å². The van der Waals surface area contributed by atoms with Crippen LogP contribution in [0.2, 0.25) is 0 Å². The van der Waals surface area contributed by atoms with Crippen molar-refractivity contribution in [1.29, 1.82) is 0 Å². The van der Waals surface area contributed by atoms with Crippen LogP contribution in [0, 0.1) is 29.6 Å². The Morgan fingerprint density at radius 2 is 1.41 bits per heavy atom. The molecule has 22 heavy (non-hydrogen) atoms. The summed E-state index contributed by atoms with van der Waals surface area (Å²) in [5.74, 6) is -15.2. The molecule has 10 heteroatoms. The van der Waals surface area contributed by atoms with Crippen LogP contribution in [0.15, 0.2) is 0 Å². The van der Waals surface area contributed by atoms with Gasteiger partial charge in [0.1, 0.15) is 6.29 Å². The molecule has 120 valence electrons. The first-order valence-corrected chi connectivity index (χ1v) is 6.04. The molecular weight excluding hydrogens is 304 g/mol. The van der Waals surface area contributed by atoms with Gasteiger partial charge in [-0.1, -0.05) is 0 Å². The highest BCUT2D eigenvalue weighted by molar-refractivity contribution is 5.92. The van der Waals surface area contributed by atoms with Gasteiger partial charge in [-0.05, 0) is 6.42 Å². The van der Waals surface area contributed by atoms with Gasteiger partial charge in [0.25, 0.3) is 0 Å². The predicted octanol–water partition coefficient (Wildman–Crippen LogP) is -1.38. The minimum absolute atomic E-state index is 0.159. The molecule has 1 rings (SSSR count). The Labute approximate surface area is 122 Å². The van der Waals surface area contributed by atoms with E-state index in [0.717, 1.165) is 0 Å². The number of ether oxygens (including phenoxy) is 1. The number of carboxylic acid groups (broad SMARTS) is 3. The summed E-state index contributed by atoms with van der Waals surface area (Å²) in [5, 5.41) is 27.4. The Morgan fingerprint density at radius 3 is 1.77 bits per heavy atom. The van der Waals surface area contributed by atoms with Crippen LogP contribution in [0.5, 0.6) is 0 Å². The van der Waals surface area contributed by atoms with Gasteiger partial charge in [0.2, 0.25) is 0 Å². The van der Waals surface area contributed by atoms with Crippen molar-refractivity contribution in [2.45, 2.75) is 6.42 Å². The number of carboxylic acids is 3. The second kappa shape index (κ2) is 6.78. The van der Waals surface area contributed by atoms with Gasteiger partial charge in [-0.15, -0.1) is 0 Å². The van der Waals surface area contributed by atoms with E-state index in [1.54, 1.807) is 0 Å². The standard InChI is InChI=1S/C12H12O10/c13-2-4-1-5(9(15)16)7(12(21)22-3-14)8(11(19)20)6(4)10(17)18/h2-8H,1H2,(H,15,16)(H,17,18)(H,19,20). The lowest BCUT2D eigenvalue weighted by Gasteiger charge is -2.38. The van der Waals surface area contributed by atoms with E-state index < -0.39 is 59.9 Å². The molecule has 1 aliphatic rings. The Kier molecular flexibility index (Phi) is 5.33. The van der Waals surface area contributed by atoms with E-state index >= 15 is 0 Å². The molecule has 0 bridgehead atoms. The van der Waals surface area contributed by atoms with Crippen molar-refractivity contribution in [3.63, 3.8) is 0 Å². The molecule has 0 amide bonds. The molecule has 0 radical (unpaired) electrons. The maximum atomic E-state index is 11.7. The molecule has 0 saturated heterocycles. The third-order valence-corrected chi connectivity index (χ3v) is 3.69. The molecule has 1 saturated carbocycles. The van der Waals surface area contributed by atoms with Gasteiger partial charge in [0.15, 0.2) is 0 Å². The van der Waals surface area contributed by atoms with Gasteiger partial charge in [-0.25, -0.2) is 0 Å². The summed E-state index contributed by atoms with van der Waals surface area (Å²) < 4.78 is 4.01. The SMILES string of the molecule is O=COC(=O)C1C(C(=O)O)CC(C=O)C(C(=O)O)C1C(=O)O. The minimum Gasteiger partial charge on any atom is -0.481 e. The molecule has 0 aromatic rings. The van der Waals surface area contributed by atoms with Crippen LogP contribution in [0.25, 0.3) is 0 Å². The number of carbonyl (C=O) groups excluding carboxylic acids is 3. The summed E-state index contributed by atoms with van der Waals surface area (Å²) in [7, 11) is 0. The third-order valence-electron chi connectivity index (χ3n) is 3.69. The zero-order chi connectivity index (χ0) is 17.0. The molecule has 0 spiro atoms. The molecule has 1 aliphatic carbocycles. The summed E-state index contributed by atoms with van der Waals surface area (Å²) in [5.41, 5.74) is 0. The van der Waals surface area contributed by atoms with Crippen molar-refractivity contribution in [1.82, 2.24) is 0 Å². The fourth-order valence-electron chi connectivity index (χ4n) is 2.80. The number of carbonyl (C=O) groups is 6. The van der Waals surface area contributed by atoms with Crippen LogP contribution in [-0.4, -0.2) is 52.0 Å². The highest BCUT2D eigenvalue weighted by Crippen LogP contribution is 2.43. The van der Waals surface area contributed by atoms with Gasteiger partial charge in [-0.2, -0.15) is 0 Å². The van der Waals surface area contributed by atoms with Crippen LogP contribution in [0.4, 0.5) is 0 Å². The Balaban J connectivity index is 3.41. The first-order valence-electron chi connectivity index (χ1n) is 6.04. The second-order valence-corrected chi connectivity index (χ2v) is 4.77. The Morgan fingerprint density at radius 1 is 0.864 bits per heavy atom. The molecule has 10 nitrogen and oxygen atoms in total. The van der Waals surface area contributed by atoms with Crippen molar-refractivity contribution < 1.29 is 48.8 Å². The maximum absolute atomic E-state index is 11.7. The number of hydrogen-bond donors (Lipinski definition) is 3. The topological polar surface area (TPSA) is 172 Å². The molecule has 0 aliphatic heterocycles. The van der Waals surface area contributed by atoms with E-state index in [1.165, 1.54) is 0 Å². The average molecular weight is 316 g/mol. The van der Waals surface area contributed by atoms with Gasteiger partial charge in [0, 0.05) is 5.92 Å². The first kappa shape index (κ1) is 17.3. The number of rotatable bonds is 6. The summed E-state index contributed by atoms with van der Waals surface area (Å²) in [6.07, 6.45) is -0.385. The van der Waals surface area contributed by atoms with Crippen molar-refractivity contribution in [2.75, 3.05) is 0 Å². The predicted molar refractivity (Wildman–Crippen MR) is 63.2 cm³/mol. The van der Waals surface area contributed by atoms with Crippen molar-refractivity contribution in [3.8, 4) is 0 Å². The molecule has 0 aromatic carbocycles. The highest BCUT2D eigenvalue weighted by atomic mass is 16.6. The van der Waals surface area contributed by atoms with Crippen molar-refractivity contribution in [3.05, 3.63) is 0 Å². The van der Waals surface area contributed by atoms with E-state index in [1.807, 2.05) is 0 Å². The minimum atomic E-state index is -2.00. The zero-order valence-electron chi connectivity index (χ0n) is 10.9. The number of aliphatic carboxylic acids is 3. The molecule has 1 fully saturated rings. The van der Waals surface area contributed by atoms with Crippen LogP contribution >= 0.6 is 0 Å². The van der Waals surface area contributed by atoms with Crippen molar-refractivity contribution in [2.24, 2.45) is 29.6 Å². The highest BCUT2D eigenvalue weighted by Gasteiger charge is 2.56. The van der Waals surface area contributed by atoms with Crippen LogP contribution < -0.4 is 0 Å². The van der Waals surface area contributed by atoms with Gasteiger partial charge in [-0.3, -0.25) is 24.0 Å². The molecule has 3 N–H and O–H groups in total. The number of aldehydes is 1. The average Bonchev–Trinajstić information content (AvgIpc) is 2.44. The van der Waals surface area contributed by atoms with Crippen LogP contribution in [0.1, 0.15) is 6.42 Å². The lowest BCUT2D eigenvalue weighted by molar-refractivity contribution is -0.179. The largest absolute Gasteiger partial charge is 0.481 e. The fraction of sp³-hybridized carbons (Fsp3) is 0.500. The van der Waals surface area contributed by atoms with Gasteiger partial charge < -0.3 is 24.9 Å². The van der Waals surface area contributed by atoms with Crippen LogP contribution in [0.3, 0.4) is 0 Å². The second-order valence-electron chi connectivity index (χ2n) is 4.77. The molecule has 0 heterocycles. The Hall–Kier alpha value is -2.78. The lowest BCUT2D eigenvalue weighted by Crippen LogP contribution is -2.52. The summed E-state index contributed by atoms with van der Waals surface area (Å²) in [6, 6.07) is 0. The van der Waals surface area contributed by atoms with Gasteiger partial charge in [0.05, 0.1) is 23.7 Å². The lowest BCUT2D eigenvalue weighted by atomic mass is 9.62. The van der Waals surface area contributed by atoms with E-state index in [9.17, 15) is 33.9 Å². The fourth-order valence-corrected chi connectivity index (χ4v) is 2.80. The number of hydrogen-bond acceptors (Lipinski definition) is 7. The molecule has 5 atom stereocenters. The third kappa shape index (κ3) is 3.10. The van der Waals surface area contributed by atoms with E-state index in [2.05, 4.69) is 4.74 Å². The normalized spacial score (nSPS) is 30.8. The zero-order valence-corrected chi connectivity index (χ0v) is 10.9. The monoisotopic (exact) mass is 316 g/mol. The van der Waals surface area contributed by atoms with Crippen LogP contribution in [-0.2, 0) is 33.5 Å².